The molecule has 0 radical (unpaired) electrons. The molecule has 0 aliphatic rings. The zero-order valence-electron chi connectivity index (χ0n) is 14.5. The third-order valence-electron chi connectivity index (χ3n) is 3.28. The molecule has 5 heteroatoms. The fraction of sp³-hybridized carbons (Fsp3) is 0.200. The van der Waals surface area contributed by atoms with Gasteiger partial charge in [-0.2, -0.15) is 0 Å². The summed E-state index contributed by atoms with van der Waals surface area (Å²) < 4.78 is 10.3. The zero-order chi connectivity index (χ0) is 18.2. The van der Waals surface area contributed by atoms with Crippen LogP contribution in [0.15, 0.2) is 54.6 Å². The number of carbonyl (C=O) groups is 2. The van der Waals surface area contributed by atoms with E-state index in [-0.39, 0.29) is 18.0 Å². The summed E-state index contributed by atoms with van der Waals surface area (Å²) in [5, 5.41) is 2.74. The van der Waals surface area contributed by atoms with Crippen molar-refractivity contribution in [2.75, 3.05) is 12.4 Å². The van der Waals surface area contributed by atoms with Gasteiger partial charge in [-0.05, 0) is 50.3 Å². The van der Waals surface area contributed by atoms with Crippen LogP contribution in [0.4, 0.5) is 5.69 Å². The van der Waals surface area contributed by atoms with E-state index < -0.39 is 0 Å². The van der Waals surface area contributed by atoms with Gasteiger partial charge in [-0.3, -0.25) is 4.79 Å². The summed E-state index contributed by atoms with van der Waals surface area (Å²) in [6.07, 6.45) is 2.94. The van der Waals surface area contributed by atoms with E-state index >= 15 is 0 Å². The number of hydrogen-bond donors (Lipinski definition) is 1. The van der Waals surface area contributed by atoms with E-state index in [0.29, 0.717) is 17.0 Å². The molecule has 0 bridgehead atoms. The van der Waals surface area contributed by atoms with Gasteiger partial charge in [0.2, 0.25) is 5.91 Å². The lowest BCUT2D eigenvalue weighted by Gasteiger charge is -2.08. The average Bonchev–Trinajstić information content (AvgIpc) is 2.60. The van der Waals surface area contributed by atoms with E-state index in [1.807, 2.05) is 24.3 Å². The summed E-state index contributed by atoms with van der Waals surface area (Å²) in [6, 6.07) is 14.0. The molecule has 0 aliphatic heterocycles. The summed E-state index contributed by atoms with van der Waals surface area (Å²) in [5.41, 5.74) is 1.85. The smallest absolute Gasteiger partial charge is 0.338 e. The molecular weight excluding hydrogens is 318 g/mol. The van der Waals surface area contributed by atoms with Gasteiger partial charge in [0, 0.05) is 17.3 Å². The number of esters is 1. The van der Waals surface area contributed by atoms with Crippen molar-refractivity contribution in [3.63, 3.8) is 0 Å². The molecule has 0 aromatic heterocycles. The first kappa shape index (κ1) is 18.3. The van der Waals surface area contributed by atoms with Gasteiger partial charge in [0.1, 0.15) is 5.75 Å². The van der Waals surface area contributed by atoms with Crippen LogP contribution in [-0.2, 0) is 9.53 Å². The second-order valence-corrected chi connectivity index (χ2v) is 5.60. The van der Waals surface area contributed by atoms with Crippen molar-refractivity contribution in [2.24, 2.45) is 0 Å². The molecule has 0 atom stereocenters. The molecule has 0 fully saturated rings. The number of ether oxygens (including phenoxy) is 2. The number of carbonyl (C=O) groups excluding carboxylic acids is 2. The zero-order valence-corrected chi connectivity index (χ0v) is 14.5. The van der Waals surface area contributed by atoms with E-state index in [1.54, 1.807) is 51.3 Å². The largest absolute Gasteiger partial charge is 0.496 e. The SMILES string of the molecule is COc1ccccc1/C=C/C(=O)Nc1ccc(C(=O)OC(C)C)cc1. The van der Waals surface area contributed by atoms with Gasteiger partial charge in [0.15, 0.2) is 0 Å². The molecule has 5 nitrogen and oxygen atoms in total. The number of benzene rings is 2. The maximum Gasteiger partial charge on any atom is 0.338 e. The number of rotatable bonds is 6. The van der Waals surface area contributed by atoms with Crippen LogP contribution in [0.5, 0.6) is 5.75 Å². The van der Waals surface area contributed by atoms with Gasteiger partial charge in [0.05, 0.1) is 18.8 Å². The molecular formula is C20H21NO4. The molecule has 2 aromatic rings. The lowest BCUT2D eigenvalue weighted by molar-refractivity contribution is -0.111. The first-order valence-electron chi connectivity index (χ1n) is 7.92. The Labute approximate surface area is 147 Å². The predicted molar refractivity (Wildman–Crippen MR) is 97.7 cm³/mol. The maximum absolute atomic E-state index is 12.0. The molecule has 130 valence electrons. The number of anilines is 1. The molecule has 0 saturated carbocycles. The van der Waals surface area contributed by atoms with Crippen molar-refractivity contribution in [2.45, 2.75) is 20.0 Å². The van der Waals surface area contributed by atoms with E-state index in [4.69, 9.17) is 9.47 Å². The molecule has 0 unspecified atom stereocenters. The average molecular weight is 339 g/mol. The monoisotopic (exact) mass is 339 g/mol. The number of nitrogens with one attached hydrogen (secondary N) is 1. The third-order valence-corrected chi connectivity index (χ3v) is 3.28. The highest BCUT2D eigenvalue weighted by molar-refractivity contribution is 6.02. The normalized spacial score (nSPS) is 10.7. The summed E-state index contributed by atoms with van der Waals surface area (Å²) in [4.78, 5) is 23.8. The van der Waals surface area contributed by atoms with Crippen molar-refractivity contribution in [3.05, 3.63) is 65.7 Å². The van der Waals surface area contributed by atoms with Crippen molar-refractivity contribution in [1.29, 1.82) is 0 Å². The third kappa shape index (κ3) is 5.49. The van der Waals surface area contributed by atoms with Crippen molar-refractivity contribution >= 4 is 23.6 Å². The lowest BCUT2D eigenvalue weighted by Crippen LogP contribution is -2.12. The van der Waals surface area contributed by atoms with Gasteiger partial charge < -0.3 is 14.8 Å². The highest BCUT2D eigenvalue weighted by Crippen LogP contribution is 2.18. The number of para-hydroxylation sites is 1. The number of methoxy groups -OCH3 is 1. The fourth-order valence-electron chi connectivity index (χ4n) is 2.13. The van der Waals surface area contributed by atoms with Gasteiger partial charge in [-0.1, -0.05) is 18.2 Å². The highest BCUT2D eigenvalue weighted by Gasteiger charge is 2.09. The van der Waals surface area contributed by atoms with Crippen molar-refractivity contribution in [3.8, 4) is 5.75 Å². The van der Waals surface area contributed by atoms with Gasteiger partial charge in [0.25, 0.3) is 0 Å². The second kappa shape index (κ2) is 8.68. The van der Waals surface area contributed by atoms with Crippen LogP contribution in [0.25, 0.3) is 6.08 Å². The minimum atomic E-state index is -0.385. The number of amides is 1. The Morgan fingerprint density at radius 1 is 1.04 bits per heavy atom. The summed E-state index contributed by atoms with van der Waals surface area (Å²) in [6.45, 7) is 3.58. The Morgan fingerprint density at radius 2 is 1.72 bits per heavy atom. The molecule has 1 N–H and O–H groups in total. The van der Waals surface area contributed by atoms with Crippen molar-refractivity contribution < 1.29 is 19.1 Å². The molecule has 0 saturated heterocycles. The maximum atomic E-state index is 12.0. The van der Waals surface area contributed by atoms with Gasteiger partial charge >= 0.3 is 5.97 Å². The standard InChI is InChI=1S/C20H21NO4/c1-14(2)25-20(23)16-8-11-17(12-9-16)21-19(22)13-10-15-6-4-5-7-18(15)24-3/h4-14H,1-3H3,(H,21,22)/b13-10+. The van der Waals surface area contributed by atoms with Crippen LogP contribution in [0.3, 0.4) is 0 Å². The summed E-state index contributed by atoms with van der Waals surface area (Å²) in [5.74, 6) is 0.0342. The van der Waals surface area contributed by atoms with Gasteiger partial charge in [-0.25, -0.2) is 4.79 Å². The first-order valence-corrected chi connectivity index (χ1v) is 7.92. The van der Waals surface area contributed by atoms with Crippen LogP contribution in [0.2, 0.25) is 0 Å². The quantitative estimate of drug-likeness (QED) is 0.640. The van der Waals surface area contributed by atoms with Crippen molar-refractivity contribution in [1.82, 2.24) is 0 Å². The predicted octanol–water partition coefficient (Wildman–Crippen LogP) is 3.91. The molecule has 0 heterocycles. The van der Waals surface area contributed by atoms with Gasteiger partial charge in [-0.15, -0.1) is 0 Å². The van der Waals surface area contributed by atoms with Crippen LogP contribution < -0.4 is 10.1 Å². The molecule has 2 rings (SSSR count). The van der Waals surface area contributed by atoms with E-state index in [2.05, 4.69) is 5.32 Å². The summed E-state index contributed by atoms with van der Waals surface area (Å²) >= 11 is 0. The van der Waals surface area contributed by atoms with Crippen LogP contribution in [0.1, 0.15) is 29.8 Å². The molecule has 2 aromatic carbocycles. The summed E-state index contributed by atoms with van der Waals surface area (Å²) in [7, 11) is 1.58. The minimum Gasteiger partial charge on any atom is -0.496 e. The first-order chi connectivity index (χ1) is 12.0. The minimum absolute atomic E-state index is 0.174. The Hall–Kier alpha value is -3.08. The Balaban J connectivity index is 1.98. The Kier molecular flexibility index (Phi) is 6.34. The molecule has 1 amide bonds. The Bertz CT molecular complexity index is 764. The van der Waals surface area contributed by atoms with E-state index in [9.17, 15) is 9.59 Å². The van der Waals surface area contributed by atoms with Crippen LogP contribution in [-0.4, -0.2) is 25.1 Å². The van der Waals surface area contributed by atoms with E-state index in [1.165, 1.54) is 6.08 Å². The van der Waals surface area contributed by atoms with Crippen LogP contribution >= 0.6 is 0 Å². The van der Waals surface area contributed by atoms with Crippen LogP contribution in [0, 0.1) is 0 Å². The molecule has 0 spiro atoms. The number of hydrogen-bond acceptors (Lipinski definition) is 4. The lowest BCUT2D eigenvalue weighted by atomic mass is 10.2. The highest BCUT2D eigenvalue weighted by atomic mass is 16.5. The topological polar surface area (TPSA) is 64.6 Å². The Morgan fingerprint density at radius 3 is 2.36 bits per heavy atom. The van der Waals surface area contributed by atoms with E-state index in [0.717, 1.165) is 5.56 Å². The molecule has 25 heavy (non-hydrogen) atoms. The molecule has 0 aliphatic carbocycles. The second-order valence-electron chi connectivity index (χ2n) is 5.60. The fourth-order valence-corrected chi connectivity index (χ4v) is 2.13.